The first-order valence-electron chi connectivity index (χ1n) is 4.69. The summed E-state index contributed by atoms with van der Waals surface area (Å²) < 4.78 is 35.8. The molecular weight excluding hydrogens is 177 g/mol. The first kappa shape index (κ1) is 12.8. The van der Waals surface area contributed by atoms with Gasteiger partial charge in [0.25, 0.3) is 0 Å². The van der Waals surface area contributed by atoms with Crippen LogP contribution < -0.4 is 0 Å². The molecule has 0 saturated heterocycles. The zero-order valence-corrected chi connectivity index (χ0v) is 8.83. The molecule has 3 heteroatoms. The van der Waals surface area contributed by atoms with Crippen molar-refractivity contribution >= 4 is 0 Å². The van der Waals surface area contributed by atoms with Crippen LogP contribution in [0.25, 0.3) is 0 Å². The summed E-state index contributed by atoms with van der Waals surface area (Å²) in [6.45, 7) is 7.88. The quantitative estimate of drug-likeness (QED) is 0.625. The van der Waals surface area contributed by atoms with E-state index in [4.69, 9.17) is 0 Å². The maximum Gasteiger partial charge on any atom is 0.389 e. The molecule has 0 aliphatic carbocycles. The minimum atomic E-state index is -4.01. The molecule has 0 amide bonds. The van der Waals surface area contributed by atoms with E-state index in [0.29, 0.717) is 5.92 Å². The van der Waals surface area contributed by atoms with Crippen LogP contribution in [0, 0.1) is 11.3 Å². The topological polar surface area (TPSA) is 0 Å². The van der Waals surface area contributed by atoms with Crippen molar-refractivity contribution in [2.45, 2.75) is 53.1 Å². The van der Waals surface area contributed by atoms with Crippen molar-refractivity contribution in [3.63, 3.8) is 0 Å². The third kappa shape index (κ3) is 8.13. The lowest BCUT2D eigenvalue weighted by molar-refractivity contribution is -0.140. The third-order valence-corrected chi connectivity index (χ3v) is 2.05. The van der Waals surface area contributed by atoms with Crippen molar-refractivity contribution in [1.29, 1.82) is 0 Å². The predicted octanol–water partition coefficient (Wildman–Crippen LogP) is 4.40. The van der Waals surface area contributed by atoms with Crippen LogP contribution in [0.5, 0.6) is 0 Å². The summed E-state index contributed by atoms with van der Waals surface area (Å²) in [7, 11) is 0. The standard InChI is InChI=1S/C10H19F3/c1-8(2)7-9(3,4)5-6-10(11,12)13/h8H,5-7H2,1-4H3. The molecule has 0 N–H and O–H groups in total. The molecular formula is C10H19F3. The predicted molar refractivity (Wildman–Crippen MR) is 48.5 cm³/mol. The Kier molecular flexibility index (Phi) is 4.27. The van der Waals surface area contributed by atoms with Crippen molar-refractivity contribution in [1.82, 2.24) is 0 Å². The van der Waals surface area contributed by atoms with Crippen LogP contribution in [-0.2, 0) is 0 Å². The molecule has 0 heterocycles. The Morgan fingerprint density at radius 2 is 1.46 bits per heavy atom. The molecule has 0 aliphatic heterocycles. The van der Waals surface area contributed by atoms with Gasteiger partial charge in [-0.15, -0.1) is 0 Å². The van der Waals surface area contributed by atoms with Crippen molar-refractivity contribution in [2.75, 3.05) is 0 Å². The van der Waals surface area contributed by atoms with E-state index in [9.17, 15) is 13.2 Å². The Balaban J connectivity index is 3.89. The number of hydrogen-bond acceptors (Lipinski definition) is 0. The van der Waals surface area contributed by atoms with Gasteiger partial charge < -0.3 is 0 Å². The molecule has 0 rings (SSSR count). The fraction of sp³-hybridized carbons (Fsp3) is 1.00. The van der Waals surface area contributed by atoms with Gasteiger partial charge in [-0.05, 0) is 24.2 Å². The number of rotatable bonds is 4. The second-order valence-corrected chi connectivity index (χ2v) is 4.88. The molecule has 0 aromatic rings. The van der Waals surface area contributed by atoms with Crippen molar-refractivity contribution in [3.8, 4) is 0 Å². The van der Waals surface area contributed by atoms with Crippen LogP contribution in [0.15, 0.2) is 0 Å². The van der Waals surface area contributed by atoms with Crippen molar-refractivity contribution < 1.29 is 13.2 Å². The second kappa shape index (κ2) is 4.34. The Morgan fingerprint density at radius 3 is 1.77 bits per heavy atom. The van der Waals surface area contributed by atoms with Crippen LogP contribution in [0.3, 0.4) is 0 Å². The SMILES string of the molecule is CC(C)CC(C)(C)CCC(F)(F)F. The second-order valence-electron chi connectivity index (χ2n) is 4.88. The van der Waals surface area contributed by atoms with Gasteiger partial charge in [-0.1, -0.05) is 27.7 Å². The lowest BCUT2D eigenvalue weighted by atomic mass is 9.80. The molecule has 0 spiro atoms. The van der Waals surface area contributed by atoms with Crippen molar-refractivity contribution in [3.05, 3.63) is 0 Å². The van der Waals surface area contributed by atoms with Gasteiger partial charge in [-0.2, -0.15) is 13.2 Å². The van der Waals surface area contributed by atoms with Gasteiger partial charge in [0, 0.05) is 6.42 Å². The van der Waals surface area contributed by atoms with E-state index in [1.807, 2.05) is 27.7 Å². The maximum absolute atomic E-state index is 11.9. The summed E-state index contributed by atoms with van der Waals surface area (Å²) in [4.78, 5) is 0. The normalized spacial score (nSPS) is 13.8. The maximum atomic E-state index is 11.9. The van der Waals surface area contributed by atoms with E-state index in [0.717, 1.165) is 6.42 Å². The average molecular weight is 196 g/mol. The minimum Gasteiger partial charge on any atom is -0.171 e. The average Bonchev–Trinajstić information content (AvgIpc) is 1.79. The zero-order valence-electron chi connectivity index (χ0n) is 8.83. The van der Waals surface area contributed by atoms with E-state index in [-0.39, 0.29) is 11.8 Å². The summed E-state index contributed by atoms with van der Waals surface area (Å²) in [5.41, 5.74) is -0.191. The highest BCUT2D eigenvalue weighted by atomic mass is 19.4. The zero-order chi connectivity index (χ0) is 10.7. The van der Waals surface area contributed by atoms with Crippen LogP contribution in [0.2, 0.25) is 0 Å². The first-order chi connectivity index (χ1) is 5.62. The van der Waals surface area contributed by atoms with E-state index in [2.05, 4.69) is 0 Å². The van der Waals surface area contributed by atoms with Gasteiger partial charge >= 0.3 is 6.18 Å². The van der Waals surface area contributed by atoms with Crippen LogP contribution in [0.1, 0.15) is 47.0 Å². The summed E-state index contributed by atoms with van der Waals surface area (Å²) >= 11 is 0. The summed E-state index contributed by atoms with van der Waals surface area (Å²) in [6.07, 6.45) is -3.58. The smallest absolute Gasteiger partial charge is 0.171 e. The van der Waals surface area contributed by atoms with E-state index in [1.54, 1.807) is 0 Å². The largest absolute Gasteiger partial charge is 0.389 e. The summed E-state index contributed by atoms with van der Waals surface area (Å²) in [5, 5.41) is 0. The summed E-state index contributed by atoms with van der Waals surface area (Å²) in [5.74, 6) is 0.461. The lowest BCUT2D eigenvalue weighted by Crippen LogP contribution is -2.18. The molecule has 0 aromatic heterocycles. The van der Waals surface area contributed by atoms with E-state index in [1.165, 1.54) is 0 Å². The van der Waals surface area contributed by atoms with Gasteiger partial charge in [0.05, 0.1) is 0 Å². The van der Waals surface area contributed by atoms with Crippen LogP contribution in [0.4, 0.5) is 13.2 Å². The Morgan fingerprint density at radius 1 is 1.00 bits per heavy atom. The van der Waals surface area contributed by atoms with Gasteiger partial charge in [-0.3, -0.25) is 0 Å². The number of alkyl halides is 3. The van der Waals surface area contributed by atoms with E-state index >= 15 is 0 Å². The molecule has 0 atom stereocenters. The van der Waals surface area contributed by atoms with Crippen LogP contribution in [-0.4, -0.2) is 6.18 Å². The molecule has 0 nitrogen and oxygen atoms in total. The molecule has 0 saturated carbocycles. The molecule has 0 aromatic carbocycles. The number of hydrogen-bond donors (Lipinski definition) is 0. The Labute approximate surface area is 78.5 Å². The van der Waals surface area contributed by atoms with Gasteiger partial charge in [-0.25, -0.2) is 0 Å². The van der Waals surface area contributed by atoms with Crippen molar-refractivity contribution in [2.24, 2.45) is 11.3 Å². The monoisotopic (exact) mass is 196 g/mol. The summed E-state index contributed by atoms with van der Waals surface area (Å²) in [6, 6.07) is 0. The third-order valence-electron chi connectivity index (χ3n) is 2.05. The molecule has 0 fully saturated rings. The highest BCUT2D eigenvalue weighted by Gasteiger charge is 2.31. The molecule has 80 valence electrons. The molecule has 0 unspecified atom stereocenters. The molecule has 0 bridgehead atoms. The highest BCUT2D eigenvalue weighted by Crippen LogP contribution is 2.34. The van der Waals surface area contributed by atoms with Gasteiger partial charge in [0.15, 0.2) is 0 Å². The first-order valence-corrected chi connectivity index (χ1v) is 4.69. The molecule has 0 aliphatic rings. The molecule has 13 heavy (non-hydrogen) atoms. The van der Waals surface area contributed by atoms with E-state index < -0.39 is 12.6 Å². The fourth-order valence-electron chi connectivity index (χ4n) is 1.69. The number of halogens is 3. The highest BCUT2D eigenvalue weighted by molar-refractivity contribution is 4.71. The Hall–Kier alpha value is -0.210. The fourth-order valence-corrected chi connectivity index (χ4v) is 1.69. The minimum absolute atomic E-state index is 0.191. The molecule has 0 radical (unpaired) electrons. The Bertz CT molecular complexity index is 145. The van der Waals surface area contributed by atoms with Crippen LogP contribution >= 0.6 is 0 Å². The van der Waals surface area contributed by atoms with Gasteiger partial charge in [0.2, 0.25) is 0 Å². The lowest BCUT2D eigenvalue weighted by Gasteiger charge is -2.27. The van der Waals surface area contributed by atoms with Gasteiger partial charge in [0.1, 0.15) is 0 Å².